The van der Waals surface area contributed by atoms with Gasteiger partial charge >= 0.3 is 0 Å². The largest absolute Gasteiger partial charge is 0.313 e. The van der Waals surface area contributed by atoms with E-state index in [0.717, 1.165) is 32.1 Å². The minimum Gasteiger partial charge on any atom is -0.313 e. The maximum absolute atomic E-state index is 3.40. The molecule has 0 saturated carbocycles. The van der Waals surface area contributed by atoms with E-state index in [1.54, 1.807) is 0 Å². The Balaban J connectivity index is 2.62. The first-order valence-corrected chi connectivity index (χ1v) is 6.59. The van der Waals surface area contributed by atoms with Crippen molar-refractivity contribution < 1.29 is 0 Å². The van der Waals surface area contributed by atoms with Crippen molar-refractivity contribution in [1.82, 2.24) is 10.2 Å². The highest BCUT2D eigenvalue weighted by Crippen LogP contribution is 2.11. The van der Waals surface area contributed by atoms with E-state index in [2.05, 4.69) is 62.3 Å². The molecule has 0 heterocycles. The highest BCUT2D eigenvalue weighted by Gasteiger charge is 2.06. The smallest absolute Gasteiger partial charge is 0.0234 e. The van der Waals surface area contributed by atoms with Crippen LogP contribution >= 0.6 is 0 Å². The van der Waals surface area contributed by atoms with Crippen LogP contribution in [0.15, 0.2) is 24.3 Å². The van der Waals surface area contributed by atoms with Gasteiger partial charge in [0.2, 0.25) is 0 Å². The molecule has 0 aromatic heterocycles. The summed E-state index contributed by atoms with van der Waals surface area (Å²) in [4.78, 5) is 2.40. The molecule has 0 aliphatic carbocycles. The van der Waals surface area contributed by atoms with Crippen molar-refractivity contribution in [3.8, 4) is 0 Å². The Labute approximate surface area is 106 Å². The lowest BCUT2D eigenvalue weighted by atomic mass is 10.1. The predicted molar refractivity (Wildman–Crippen MR) is 75.0 cm³/mol. The molecule has 0 bridgehead atoms. The van der Waals surface area contributed by atoms with E-state index >= 15 is 0 Å². The summed E-state index contributed by atoms with van der Waals surface area (Å²) in [6.45, 7) is 10.9. The van der Waals surface area contributed by atoms with Gasteiger partial charge in [-0.15, -0.1) is 0 Å². The van der Waals surface area contributed by atoms with Gasteiger partial charge in [0, 0.05) is 19.6 Å². The van der Waals surface area contributed by atoms with Crippen LogP contribution in [0.2, 0.25) is 0 Å². The molecule has 0 unspecified atom stereocenters. The molecule has 0 fully saturated rings. The van der Waals surface area contributed by atoms with Crippen molar-refractivity contribution in [2.75, 3.05) is 20.1 Å². The van der Waals surface area contributed by atoms with Crippen LogP contribution < -0.4 is 5.32 Å². The molecule has 17 heavy (non-hydrogen) atoms. The molecule has 1 aromatic rings. The van der Waals surface area contributed by atoms with Gasteiger partial charge in [0.25, 0.3) is 0 Å². The van der Waals surface area contributed by atoms with Crippen LogP contribution in [-0.2, 0) is 13.1 Å². The number of nitrogens with one attached hydrogen (secondary N) is 1. The average molecular weight is 234 g/mol. The van der Waals surface area contributed by atoms with Crippen LogP contribution in [0.4, 0.5) is 0 Å². The third kappa shape index (κ3) is 5.33. The van der Waals surface area contributed by atoms with Gasteiger partial charge in [0.15, 0.2) is 0 Å². The van der Waals surface area contributed by atoms with Crippen molar-refractivity contribution in [3.05, 3.63) is 35.4 Å². The maximum Gasteiger partial charge on any atom is 0.0234 e. The van der Waals surface area contributed by atoms with Crippen LogP contribution in [0.1, 0.15) is 31.9 Å². The Morgan fingerprint density at radius 1 is 1.18 bits per heavy atom. The fraction of sp³-hybridized carbons (Fsp3) is 0.600. The maximum atomic E-state index is 3.40. The van der Waals surface area contributed by atoms with Crippen LogP contribution in [0.25, 0.3) is 0 Å². The molecule has 2 heteroatoms. The Bertz CT molecular complexity index is 320. The number of hydrogen-bond donors (Lipinski definition) is 1. The molecule has 1 rings (SSSR count). The first kappa shape index (κ1) is 14.2. The van der Waals surface area contributed by atoms with Gasteiger partial charge in [-0.2, -0.15) is 0 Å². The summed E-state index contributed by atoms with van der Waals surface area (Å²) in [5, 5.41) is 3.40. The van der Waals surface area contributed by atoms with Crippen molar-refractivity contribution in [3.63, 3.8) is 0 Å². The molecule has 0 amide bonds. The molecular weight excluding hydrogens is 208 g/mol. The Hall–Kier alpha value is -0.860. The lowest BCUT2D eigenvalue weighted by Crippen LogP contribution is -2.24. The van der Waals surface area contributed by atoms with E-state index in [0.29, 0.717) is 0 Å². The summed E-state index contributed by atoms with van der Waals surface area (Å²) in [5.74, 6) is 0.723. The zero-order chi connectivity index (χ0) is 12.7. The molecule has 2 nitrogen and oxygen atoms in total. The van der Waals surface area contributed by atoms with E-state index in [4.69, 9.17) is 0 Å². The van der Waals surface area contributed by atoms with Crippen LogP contribution in [0.5, 0.6) is 0 Å². The average Bonchev–Trinajstić information content (AvgIpc) is 2.26. The van der Waals surface area contributed by atoms with Gasteiger partial charge in [0.1, 0.15) is 0 Å². The van der Waals surface area contributed by atoms with Gasteiger partial charge in [-0.1, -0.05) is 45.0 Å². The molecule has 96 valence electrons. The van der Waals surface area contributed by atoms with E-state index in [1.165, 1.54) is 11.1 Å². The van der Waals surface area contributed by atoms with E-state index in [9.17, 15) is 0 Å². The van der Waals surface area contributed by atoms with Crippen molar-refractivity contribution in [1.29, 1.82) is 0 Å². The van der Waals surface area contributed by atoms with Crippen LogP contribution in [-0.4, -0.2) is 25.0 Å². The lowest BCUT2D eigenvalue weighted by molar-refractivity contribution is 0.287. The second-order valence-corrected chi connectivity index (χ2v) is 5.14. The molecule has 0 spiro atoms. The SMILES string of the molecule is CCNCc1ccccc1CN(C)CC(C)C. The highest BCUT2D eigenvalue weighted by atomic mass is 15.1. The van der Waals surface area contributed by atoms with E-state index < -0.39 is 0 Å². The van der Waals surface area contributed by atoms with Gasteiger partial charge in [-0.05, 0) is 30.6 Å². The summed E-state index contributed by atoms with van der Waals surface area (Å²) < 4.78 is 0. The fourth-order valence-corrected chi connectivity index (χ4v) is 2.12. The monoisotopic (exact) mass is 234 g/mol. The number of rotatable bonds is 7. The first-order valence-electron chi connectivity index (χ1n) is 6.59. The quantitative estimate of drug-likeness (QED) is 0.780. The highest BCUT2D eigenvalue weighted by molar-refractivity contribution is 5.26. The zero-order valence-electron chi connectivity index (χ0n) is 11.7. The fourth-order valence-electron chi connectivity index (χ4n) is 2.12. The van der Waals surface area contributed by atoms with Crippen LogP contribution in [0, 0.1) is 5.92 Å². The van der Waals surface area contributed by atoms with Crippen LogP contribution in [0.3, 0.4) is 0 Å². The summed E-state index contributed by atoms with van der Waals surface area (Å²) in [5.41, 5.74) is 2.86. The third-order valence-corrected chi connectivity index (χ3v) is 2.80. The molecule has 0 aliphatic rings. The molecule has 0 saturated heterocycles. The number of benzene rings is 1. The molecular formula is C15H26N2. The number of nitrogens with zero attached hydrogens (tertiary/aromatic N) is 1. The van der Waals surface area contributed by atoms with Gasteiger partial charge < -0.3 is 10.2 Å². The minimum atomic E-state index is 0.723. The predicted octanol–water partition coefficient (Wildman–Crippen LogP) is 2.88. The number of hydrogen-bond acceptors (Lipinski definition) is 2. The first-order chi connectivity index (χ1) is 8.13. The molecule has 1 aromatic carbocycles. The second kappa shape index (κ2) is 7.46. The van der Waals surface area contributed by atoms with Crippen molar-refractivity contribution in [2.45, 2.75) is 33.9 Å². The van der Waals surface area contributed by atoms with Gasteiger partial charge in [-0.3, -0.25) is 0 Å². The second-order valence-electron chi connectivity index (χ2n) is 5.14. The molecule has 0 atom stereocenters. The minimum absolute atomic E-state index is 0.723. The lowest BCUT2D eigenvalue weighted by Gasteiger charge is -2.20. The molecule has 0 radical (unpaired) electrons. The summed E-state index contributed by atoms with van der Waals surface area (Å²) in [6.07, 6.45) is 0. The van der Waals surface area contributed by atoms with E-state index in [-0.39, 0.29) is 0 Å². The Kier molecular flexibility index (Phi) is 6.23. The van der Waals surface area contributed by atoms with Gasteiger partial charge in [0.05, 0.1) is 0 Å². The summed E-state index contributed by atoms with van der Waals surface area (Å²) in [7, 11) is 2.20. The van der Waals surface area contributed by atoms with Crippen molar-refractivity contribution in [2.24, 2.45) is 5.92 Å². The molecule has 1 N–H and O–H groups in total. The third-order valence-electron chi connectivity index (χ3n) is 2.80. The summed E-state index contributed by atoms with van der Waals surface area (Å²) >= 11 is 0. The van der Waals surface area contributed by atoms with Crippen molar-refractivity contribution >= 4 is 0 Å². The standard InChI is InChI=1S/C15H26N2/c1-5-16-10-14-8-6-7-9-15(14)12-17(4)11-13(2)3/h6-9,13,16H,5,10-12H2,1-4H3. The summed E-state index contributed by atoms with van der Waals surface area (Å²) in [6, 6.07) is 8.72. The van der Waals surface area contributed by atoms with Gasteiger partial charge in [-0.25, -0.2) is 0 Å². The Morgan fingerprint density at radius 3 is 2.41 bits per heavy atom. The topological polar surface area (TPSA) is 15.3 Å². The molecule has 0 aliphatic heterocycles. The van der Waals surface area contributed by atoms with E-state index in [1.807, 2.05) is 0 Å². The normalized spacial score (nSPS) is 11.4. The Morgan fingerprint density at radius 2 is 1.82 bits per heavy atom. The zero-order valence-corrected chi connectivity index (χ0v) is 11.7.